The molecule has 0 saturated carbocycles. The molecular weight excluding hydrogens is 446 g/mol. The fourth-order valence-electron chi connectivity index (χ4n) is 3.92. The van der Waals surface area contributed by atoms with E-state index < -0.39 is 11.8 Å². The van der Waals surface area contributed by atoms with E-state index in [1.807, 2.05) is 12.1 Å². The Morgan fingerprint density at radius 3 is 2.40 bits per heavy atom. The maximum Gasteiger partial charge on any atom is 0.268 e. The van der Waals surface area contributed by atoms with Crippen LogP contribution in [0.2, 0.25) is 0 Å². The monoisotopic (exact) mass is 475 g/mol. The van der Waals surface area contributed by atoms with Gasteiger partial charge >= 0.3 is 0 Å². The van der Waals surface area contributed by atoms with Crippen molar-refractivity contribution in [1.82, 2.24) is 10.6 Å². The first-order valence-corrected chi connectivity index (χ1v) is 11.5. The van der Waals surface area contributed by atoms with E-state index in [2.05, 4.69) is 27.7 Å². The number of hydrogen-bond donors (Lipinski definition) is 2. The molecule has 0 aliphatic carbocycles. The zero-order valence-electron chi connectivity index (χ0n) is 19.9. The van der Waals surface area contributed by atoms with E-state index in [1.54, 1.807) is 30.3 Å². The summed E-state index contributed by atoms with van der Waals surface area (Å²) in [4.78, 5) is 28.3. The van der Waals surface area contributed by atoms with Crippen molar-refractivity contribution in [2.24, 2.45) is 0 Å². The molecule has 1 fully saturated rings. The highest BCUT2D eigenvalue weighted by Crippen LogP contribution is 2.27. The van der Waals surface area contributed by atoms with Gasteiger partial charge < -0.3 is 29.4 Å². The summed E-state index contributed by atoms with van der Waals surface area (Å²) >= 11 is 0. The number of benzene rings is 2. The number of furan rings is 1. The van der Waals surface area contributed by atoms with Gasteiger partial charge in [-0.2, -0.15) is 0 Å². The molecule has 1 aliphatic rings. The summed E-state index contributed by atoms with van der Waals surface area (Å²) in [6, 6.07) is 16.4. The lowest BCUT2D eigenvalue weighted by Gasteiger charge is -2.18. The number of methoxy groups -OCH3 is 2. The highest BCUT2D eigenvalue weighted by molar-refractivity contribution is 6.05. The Balaban J connectivity index is 1.45. The van der Waals surface area contributed by atoms with Crippen LogP contribution in [0.15, 0.2) is 71.0 Å². The summed E-state index contributed by atoms with van der Waals surface area (Å²) < 4.78 is 15.8. The van der Waals surface area contributed by atoms with Gasteiger partial charge in [0.25, 0.3) is 11.8 Å². The van der Waals surface area contributed by atoms with Crippen molar-refractivity contribution < 1.29 is 23.5 Å². The first-order valence-electron chi connectivity index (χ1n) is 11.5. The van der Waals surface area contributed by atoms with Gasteiger partial charge in [-0.1, -0.05) is 12.1 Å². The topological polar surface area (TPSA) is 93.0 Å². The van der Waals surface area contributed by atoms with Crippen LogP contribution in [0.5, 0.6) is 11.5 Å². The second-order valence-corrected chi connectivity index (χ2v) is 8.14. The predicted molar refractivity (Wildman–Crippen MR) is 133 cm³/mol. The fraction of sp³-hybridized carbons (Fsp3) is 0.259. The SMILES string of the molecule is COc1ccc(C(=O)N/C(=C\c2ccco2)C(=O)NCc2ccc(N3CCCC3)cc2)cc1OC. The third-order valence-electron chi connectivity index (χ3n) is 5.83. The Kier molecular flexibility index (Phi) is 7.72. The molecule has 0 radical (unpaired) electrons. The Hall–Kier alpha value is -4.20. The summed E-state index contributed by atoms with van der Waals surface area (Å²) in [5.74, 6) is 0.466. The van der Waals surface area contributed by atoms with Crippen LogP contribution >= 0.6 is 0 Å². The lowest BCUT2D eigenvalue weighted by molar-refractivity contribution is -0.117. The molecule has 2 aromatic carbocycles. The normalized spacial score (nSPS) is 13.4. The van der Waals surface area contributed by atoms with Crippen LogP contribution in [-0.4, -0.2) is 39.1 Å². The van der Waals surface area contributed by atoms with E-state index in [1.165, 1.54) is 45.1 Å². The molecule has 0 bridgehead atoms. The molecule has 8 nitrogen and oxygen atoms in total. The Morgan fingerprint density at radius 1 is 1.00 bits per heavy atom. The fourth-order valence-corrected chi connectivity index (χ4v) is 3.92. The molecule has 182 valence electrons. The average molecular weight is 476 g/mol. The molecule has 1 saturated heterocycles. The van der Waals surface area contributed by atoms with E-state index in [0.29, 0.717) is 29.4 Å². The van der Waals surface area contributed by atoms with Crippen LogP contribution < -0.4 is 25.0 Å². The summed E-state index contributed by atoms with van der Waals surface area (Å²) in [5.41, 5.74) is 2.54. The van der Waals surface area contributed by atoms with Crippen molar-refractivity contribution in [2.75, 3.05) is 32.2 Å². The van der Waals surface area contributed by atoms with E-state index in [9.17, 15) is 9.59 Å². The molecule has 2 heterocycles. The number of anilines is 1. The van der Waals surface area contributed by atoms with Gasteiger partial charge in [-0.05, 0) is 60.9 Å². The lowest BCUT2D eigenvalue weighted by Crippen LogP contribution is -2.34. The van der Waals surface area contributed by atoms with E-state index in [0.717, 1.165) is 18.7 Å². The number of nitrogens with one attached hydrogen (secondary N) is 2. The van der Waals surface area contributed by atoms with Gasteiger partial charge in [0.1, 0.15) is 11.5 Å². The van der Waals surface area contributed by atoms with Crippen LogP contribution in [0, 0.1) is 0 Å². The van der Waals surface area contributed by atoms with Crippen molar-refractivity contribution in [3.8, 4) is 11.5 Å². The molecule has 35 heavy (non-hydrogen) atoms. The number of hydrogen-bond acceptors (Lipinski definition) is 6. The van der Waals surface area contributed by atoms with Gasteiger partial charge in [-0.15, -0.1) is 0 Å². The van der Waals surface area contributed by atoms with Crippen molar-refractivity contribution >= 4 is 23.6 Å². The van der Waals surface area contributed by atoms with Crippen molar-refractivity contribution in [3.63, 3.8) is 0 Å². The third kappa shape index (κ3) is 6.03. The average Bonchev–Trinajstić information content (AvgIpc) is 3.61. The molecule has 8 heteroatoms. The lowest BCUT2D eigenvalue weighted by atomic mass is 10.1. The summed E-state index contributed by atoms with van der Waals surface area (Å²) in [5, 5.41) is 5.57. The van der Waals surface area contributed by atoms with Crippen LogP contribution in [0.3, 0.4) is 0 Å². The molecule has 2 amide bonds. The number of nitrogens with zero attached hydrogens (tertiary/aromatic N) is 1. The minimum atomic E-state index is -0.464. The number of rotatable bonds is 9. The van der Waals surface area contributed by atoms with Gasteiger partial charge in [0.15, 0.2) is 11.5 Å². The number of amides is 2. The Morgan fingerprint density at radius 2 is 1.74 bits per heavy atom. The van der Waals surface area contributed by atoms with Crippen molar-refractivity contribution in [2.45, 2.75) is 19.4 Å². The predicted octanol–water partition coefficient (Wildman–Crippen LogP) is 3.98. The summed E-state index contributed by atoms with van der Waals surface area (Å²) in [6.07, 6.45) is 5.43. The van der Waals surface area contributed by atoms with Gasteiger partial charge in [-0.25, -0.2) is 0 Å². The maximum absolute atomic E-state index is 13.0. The second-order valence-electron chi connectivity index (χ2n) is 8.14. The van der Waals surface area contributed by atoms with Gasteiger partial charge in [0.05, 0.1) is 20.5 Å². The largest absolute Gasteiger partial charge is 0.493 e. The first-order chi connectivity index (χ1) is 17.1. The molecule has 0 unspecified atom stereocenters. The molecule has 3 aromatic rings. The number of carbonyl (C=O) groups is 2. The minimum Gasteiger partial charge on any atom is -0.493 e. The van der Waals surface area contributed by atoms with Crippen LogP contribution in [-0.2, 0) is 11.3 Å². The highest BCUT2D eigenvalue weighted by Gasteiger charge is 2.17. The molecule has 4 rings (SSSR count). The quantitative estimate of drug-likeness (QED) is 0.455. The van der Waals surface area contributed by atoms with Crippen molar-refractivity contribution in [3.05, 3.63) is 83.4 Å². The number of carbonyl (C=O) groups excluding carboxylic acids is 2. The molecule has 2 N–H and O–H groups in total. The van der Waals surface area contributed by atoms with E-state index in [-0.39, 0.29) is 5.70 Å². The molecule has 1 aliphatic heterocycles. The van der Waals surface area contributed by atoms with Gasteiger partial charge in [0.2, 0.25) is 0 Å². The zero-order chi connectivity index (χ0) is 24.6. The number of ether oxygens (including phenoxy) is 2. The summed E-state index contributed by atoms with van der Waals surface area (Å²) in [6.45, 7) is 2.48. The zero-order valence-corrected chi connectivity index (χ0v) is 19.9. The smallest absolute Gasteiger partial charge is 0.268 e. The molecule has 0 atom stereocenters. The summed E-state index contributed by atoms with van der Waals surface area (Å²) in [7, 11) is 3.01. The van der Waals surface area contributed by atoms with Gasteiger partial charge in [-0.3, -0.25) is 9.59 Å². The molecule has 1 aromatic heterocycles. The first kappa shape index (κ1) is 23.9. The Bertz CT molecular complexity index is 1180. The maximum atomic E-state index is 13.0. The van der Waals surface area contributed by atoms with Crippen LogP contribution in [0.4, 0.5) is 5.69 Å². The van der Waals surface area contributed by atoms with E-state index >= 15 is 0 Å². The minimum absolute atomic E-state index is 0.0634. The Labute approximate surface area is 204 Å². The molecular formula is C27H29N3O5. The third-order valence-corrected chi connectivity index (χ3v) is 5.83. The van der Waals surface area contributed by atoms with Crippen molar-refractivity contribution in [1.29, 1.82) is 0 Å². The van der Waals surface area contributed by atoms with E-state index in [4.69, 9.17) is 13.9 Å². The highest BCUT2D eigenvalue weighted by atomic mass is 16.5. The molecule has 0 spiro atoms. The van der Waals surface area contributed by atoms with Gasteiger partial charge in [0, 0.05) is 37.0 Å². The standard InChI is InChI=1S/C27H29N3O5/c1-33-24-12-9-20(16-25(24)34-2)26(31)29-23(17-22-6-5-15-35-22)27(32)28-18-19-7-10-21(11-8-19)30-13-3-4-14-30/h5-12,15-17H,3-4,13-14,18H2,1-2H3,(H,28,32)(H,29,31)/b23-17-. The van der Waals surface area contributed by atoms with Crippen LogP contribution in [0.25, 0.3) is 6.08 Å². The second kappa shape index (κ2) is 11.3. The van der Waals surface area contributed by atoms with Crippen LogP contribution in [0.1, 0.15) is 34.5 Å².